The van der Waals surface area contributed by atoms with Crippen LogP contribution in [0.1, 0.15) is 155 Å². The molecule has 9 nitrogen and oxygen atoms in total. The third-order valence-electron chi connectivity index (χ3n) is 8.53. The van der Waals surface area contributed by atoms with Crippen molar-refractivity contribution in [2.45, 2.75) is 161 Å². The molecule has 0 aliphatic carbocycles. The van der Waals surface area contributed by atoms with Crippen LogP contribution < -0.4 is 0 Å². The minimum Gasteiger partial charge on any atom is -0.462 e. The molecule has 0 saturated carbocycles. The summed E-state index contributed by atoms with van der Waals surface area (Å²) in [7, 11) is 1.44. The number of unbranched alkanes of at least 4 members (excludes halogenated alkanes) is 13. The number of nitrogens with zero attached hydrogens (tertiary/aromatic N) is 1. The Labute approximate surface area is 330 Å². The smallest absolute Gasteiger partial charge is 0.462 e. The third kappa shape index (κ3) is 39.4. The van der Waals surface area contributed by atoms with Crippen LogP contribution in [0.25, 0.3) is 0 Å². The Bertz CT molecular complexity index is 1110. The molecule has 0 aliphatic heterocycles. The number of carbonyl (C=O) groups is 2. The van der Waals surface area contributed by atoms with Crippen molar-refractivity contribution in [3.05, 3.63) is 60.8 Å². The lowest BCUT2D eigenvalue weighted by atomic mass is 10.1. The van der Waals surface area contributed by atoms with Crippen molar-refractivity contribution in [2.75, 3.05) is 47.5 Å². The molecule has 0 heterocycles. The van der Waals surface area contributed by atoms with E-state index in [2.05, 4.69) is 74.6 Å². The van der Waals surface area contributed by atoms with Gasteiger partial charge in [-0.25, -0.2) is 4.57 Å². The molecule has 1 N–H and O–H groups in total. The fourth-order valence-corrected chi connectivity index (χ4v) is 5.96. The molecular weight excluding hydrogens is 701 g/mol. The highest BCUT2D eigenvalue weighted by Gasteiger charge is 2.27. The summed E-state index contributed by atoms with van der Waals surface area (Å²) in [4.78, 5) is 35.3. The average molecular weight is 781 g/mol. The number of phosphoric ester groups is 1. The number of hydrogen-bond donors (Lipinski definition) is 1. The highest BCUT2D eigenvalue weighted by molar-refractivity contribution is 7.47. The fourth-order valence-electron chi connectivity index (χ4n) is 5.22. The number of quaternary nitrogens is 1. The molecule has 0 aromatic rings. The second-order valence-electron chi connectivity index (χ2n) is 15.0. The molecule has 0 aromatic carbocycles. The first-order valence-corrected chi connectivity index (χ1v) is 22.5. The van der Waals surface area contributed by atoms with E-state index in [1.54, 1.807) is 0 Å². The van der Waals surface area contributed by atoms with Crippen LogP contribution in [0.5, 0.6) is 0 Å². The van der Waals surface area contributed by atoms with Crippen molar-refractivity contribution >= 4 is 19.8 Å². The van der Waals surface area contributed by atoms with Crippen molar-refractivity contribution in [1.82, 2.24) is 0 Å². The maximum absolute atomic E-state index is 12.7. The number of phosphoric acid groups is 1. The van der Waals surface area contributed by atoms with Crippen LogP contribution in [-0.2, 0) is 32.7 Å². The fraction of sp³-hybridized carbons (Fsp3) is 0.727. The average Bonchev–Trinajstić information content (AvgIpc) is 3.12. The highest BCUT2D eigenvalue weighted by Crippen LogP contribution is 2.43. The zero-order chi connectivity index (χ0) is 40.0. The number of esters is 2. The van der Waals surface area contributed by atoms with Crippen molar-refractivity contribution < 1.29 is 42.1 Å². The van der Waals surface area contributed by atoms with E-state index >= 15 is 0 Å². The van der Waals surface area contributed by atoms with Crippen molar-refractivity contribution in [3.8, 4) is 0 Å². The van der Waals surface area contributed by atoms with Crippen LogP contribution in [0.4, 0.5) is 0 Å². The Morgan fingerprint density at radius 2 is 1.06 bits per heavy atom. The maximum atomic E-state index is 12.7. The zero-order valence-corrected chi connectivity index (χ0v) is 35.8. The molecule has 2 atom stereocenters. The van der Waals surface area contributed by atoms with E-state index in [0.29, 0.717) is 23.9 Å². The summed E-state index contributed by atoms with van der Waals surface area (Å²) in [6.07, 6.45) is 42.7. The number of allylic oxidation sites excluding steroid dienone is 10. The van der Waals surface area contributed by atoms with Crippen LogP contribution in [0, 0.1) is 0 Å². The van der Waals surface area contributed by atoms with E-state index in [1.807, 2.05) is 21.1 Å². The Kier molecular flexibility index (Phi) is 34.8. The largest absolute Gasteiger partial charge is 0.472 e. The molecule has 1 unspecified atom stereocenters. The number of ether oxygens (including phenoxy) is 2. The van der Waals surface area contributed by atoms with Gasteiger partial charge in [0.05, 0.1) is 27.7 Å². The van der Waals surface area contributed by atoms with Gasteiger partial charge in [0.15, 0.2) is 6.10 Å². The minimum absolute atomic E-state index is 0.0222. The SMILES string of the molecule is CC/C=C/C/C=C/C/C=C/C/C=C/CCCCC(=O)OC[C@H](COP(=O)(O)OCC[N+](C)(C)C)OC(=O)CCCCCCCCCCC/C=C/CCCC. The molecular formula is C44H79NO8P+. The van der Waals surface area contributed by atoms with Crippen LogP contribution in [-0.4, -0.2) is 74.9 Å². The van der Waals surface area contributed by atoms with Crippen LogP contribution >= 0.6 is 7.82 Å². The first-order chi connectivity index (χ1) is 26.0. The summed E-state index contributed by atoms with van der Waals surface area (Å²) < 4.78 is 34.2. The second kappa shape index (κ2) is 36.4. The predicted molar refractivity (Wildman–Crippen MR) is 224 cm³/mol. The third-order valence-corrected chi connectivity index (χ3v) is 9.52. The van der Waals surface area contributed by atoms with E-state index in [0.717, 1.165) is 57.8 Å². The minimum atomic E-state index is -4.38. The molecule has 54 heavy (non-hydrogen) atoms. The van der Waals surface area contributed by atoms with Gasteiger partial charge in [0.1, 0.15) is 19.8 Å². The van der Waals surface area contributed by atoms with E-state index in [1.165, 1.54) is 57.8 Å². The quantitative estimate of drug-likeness (QED) is 0.0218. The molecule has 0 fully saturated rings. The zero-order valence-electron chi connectivity index (χ0n) is 34.9. The summed E-state index contributed by atoms with van der Waals surface area (Å²) in [5.74, 6) is -0.855. The van der Waals surface area contributed by atoms with Gasteiger partial charge in [0, 0.05) is 12.8 Å². The number of likely N-dealkylation sites (N-methyl/N-ethyl adjacent to an activating group) is 1. The standard InChI is InChI=1S/C44H78NO8P/c1-6-8-10-12-14-16-18-20-22-24-26-28-30-32-34-36-43(46)50-40-42(41-52-54(48,49)51-39-38-45(3,4)5)53-44(47)37-35-33-31-29-27-25-23-21-19-17-15-13-11-9-7-2/h8,10,13-16,20,22,26,28,42H,6-7,9,11-12,17-19,21,23-25,27,29-41H2,1-5H3/p+1/b10-8+,15-13+,16-14+,22-20+,28-26+/t42-/m1/s1. The molecule has 0 spiro atoms. The summed E-state index contributed by atoms with van der Waals surface area (Å²) in [5, 5.41) is 0. The monoisotopic (exact) mass is 781 g/mol. The lowest BCUT2D eigenvalue weighted by Crippen LogP contribution is -2.37. The van der Waals surface area contributed by atoms with Gasteiger partial charge in [0.2, 0.25) is 0 Å². The van der Waals surface area contributed by atoms with Crippen LogP contribution in [0.2, 0.25) is 0 Å². The number of carbonyl (C=O) groups excluding carboxylic acids is 2. The van der Waals surface area contributed by atoms with Crippen molar-refractivity contribution in [1.29, 1.82) is 0 Å². The van der Waals surface area contributed by atoms with Crippen molar-refractivity contribution in [2.24, 2.45) is 0 Å². The highest BCUT2D eigenvalue weighted by atomic mass is 31.2. The van der Waals surface area contributed by atoms with Gasteiger partial charge in [-0.05, 0) is 70.6 Å². The van der Waals surface area contributed by atoms with Gasteiger partial charge < -0.3 is 18.9 Å². The Morgan fingerprint density at radius 1 is 0.593 bits per heavy atom. The Balaban J connectivity index is 4.46. The van der Waals surface area contributed by atoms with Crippen LogP contribution in [0.3, 0.4) is 0 Å². The van der Waals surface area contributed by atoms with E-state index in [4.69, 9.17) is 18.5 Å². The van der Waals surface area contributed by atoms with Gasteiger partial charge in [-0.3, -0.25) is 18.6 Å². The predicted octanol–water partition coefficient (Wildman–Crippen LogP) is 11.7. The van der Waals surface area contributed by atoms with Crippen molar-refractivity contribution in [3.63, 3.8) is 0 Å². The van der Waals surface area contributed by atoms with Gasteiger partial charge in [-0.2, -0.15) is 0 Å². The Morgan fingerprint density at radius 3 is 1.63 bits per heavy atom. The van der Waals surface area contributed by atoms with Gasteiger partial charge in [0.25, 0.3) is 0 Å². The molecule has 0 saturated heterocycles. The van der Waals surface area contributed by atoms with E-state index in [-0.39, 0.29) is 26.1 Å². The van der Waals surface area contributed by atoms with Gasteiger partial charge in [-0.15, -0.1) is 0 Å². The van der Waals surface area contributed by atoms with Gasteiger partial charge >= 0.3 is 19.8 Å². The van der Waals surface area contributed by atoms with Gasteiger partial charge in [-0.1, -0.05) is 132 Å². The summed E-state index contributed by atoms with van der Waals surface area (Å²) in [6.45, 7) is 4.21. The summed E-state index contributed by atoms with van der Waals surface area (Å²) in [5.41, 5.74) is 0. The lowest BCUT2D eigenvalue weighted by molar-refractivity contribution is -0.870. The molecule has 0 amide bonds. The Hall–Kier alpha value is -2.29. The first-order valence-electron chi connectivity index (χ1n) is 21.0. The number of rotatable bonds is 37. The summed E-state index contributed by atoms with van der Waals surface area (Å²) in [6, 6.07) is 0. The number of hydrogen-bond acceptors (Lipinski definition) is 7. The van der Waals surface area contributed by atoms with E-state index < -0.39 is 32.5 Å². The molecule has 10 heteroatoms. The van der Waals surface area contributed by atoms with Crippen LogP contribution in [0.15, 0.2) is 60.8 Å². The maximum Gasteiger partial charge on any atom is 0.472 e. The molecule has 312 valence electrons. The first kappa shape index (κ1) is 51.7. The molecule has 0 rings (SSSR count). The molecule has 0 aromatic heterocycles. The second-order valence-corrected chi connectivity index (χ2v) is 16.4. The normalized spacial score (nSPS) is 14.3. The summed E-state index contributed by atoms with van der Waals surface area (Å²) >= 11 is 0. The topological polar surface area (TPSA) is 108 Å². The van der Waals surface area contributed by atoms with E-state index in [9.17, 15) is 19.0 Å². The molecule has 0 aliphatic rings. The molecule has 0 radical (unpaired) electrons. The molecule has 0 bridgehead atoms. The lowest BCUT2D eigenvalue weighted by Gasteiger charge is -2.24.